The van der Waals surface area contributed by atoms with E-state index in [2.05, 4.69) is 17.6 Å². The van der Waals surface area contributed by atoms with Gasteiger partial charge in [0.05, 0.1) is 6.07 Å². The fraction of sp³-hybridized carbons (Fsp3) is 0.600. The van der Waals surface area contributed by atoms with E-state index in [9.17, 15) is 19.6 Å². The second-order valence-corrected chi connectivity index (χ2v) is 9.31. The fourth-order valence-electron chi connectivity index (χ4n) is 3.49. The number of alkyl carbamates (subject to hydrolysis) is 1. The molecule has 0 fully saturated rings. The third kappa shape index (κ3) is 9.52. The van der Waals surface area contributed by atoms with Crippen molar-refractivity contribution in [2.24, 2.45) is 0 Å². The van der Waals surface area contributed by atoms with Crippen LogP contribution in [0.25, 0.3) is 0 Å². The zero-order valence-electron chi connectivity index (χ0n) is 20.9. The molecule has 2 unspecified atom stereocenters. The highest BCUT2D eigenvalue weighted by Crippen LogP contribution is 2.25. The number of nitrogens with one attached hydrogen (secondary N) is 2. The summed E-state index contributed by atoms with van der Waals surface area (Å²) >= 11 is 0. The molecule has 0 aliphatic rings. The van der Waals surface area contributed by atoms with Gasteiger partial charge in [0.1, 0.15) is 24.2 Å². The van der Waals surface area contributed by atoms with Crippen LogP contribution >= 0.6 is 0 Å². The Balaban J connectivity index is 3.25. The summed E-state index contributed by atoms with van der Waals surface area (Å²) in [6.45, 7) is 12.8. The van der Waals surface area contributed by atoms with Crippen LogP contribution < -0.4 is 10.6 Å². The largest absolute Gasteiger partial charge is 0.444 e. The molecule has 0 heterocycles. The second kappa shape index (κ2) is 12.8. The topological polar surface area (TPSA) is 112 Å². The quantitative estimate of drug-likeness (QED) is 0.408. The van der Waals surface area contributed by atoms with E-state index in [1.807, 2.05) is 38.1 Å². The number of amides is 3. The van der Waals surface area contributed by atoms with Gasteiger partial charge in [-0.1, -0.05) is 49.1 Å². The highest BCUT2D eigenvalue weighted by Gasteiger charge is 2.34. The highest BCUT2D eigenvalue weighted by molar-refractivity contribution is 5.92. The number of aryl methyl sites for hydroxylation is 2. The summed E-state index contributed by atoms with van der Waals surface area (Å²) in [7, 11) is 0. The molecule has 0 aromatic heterocycles. The molecule has 0 aliphatic carbocycles. The minimum absolute atomic E-state index is 0.306. The van der Waals surface area contributed by atoms with E-state index in [1.54, 1.807) is 20.8 Å². The Morgan fingerprint density at radius 2 is 1.73 bits per heavy atom. The zero-order valence-corrected chi connectivity index (χ0v) is 20.9. The molecule has 182 valence electrons. The summed E-state index contributed by atoms with van der Waals surface area (Å²) in [6, 6.07) is 5.65. The smallest absolute Gasteiger partial charge is 0.408 e. The van der Waals surface area contributed by atoms with Gasteiger partial charge in [-0.05, 0) is 53.5 Å². The Bertz CT molecular complexity index is 850. The first-order chi connectivity index (χ1) is 15.4. The van der Waals surface area contributed by atoms with Crippen molar-refractivity contribution in [2.45, 2.75) is 85.4 Å². The van der Waals surface area contributed by atoms with Gasteiger partial charge in [0.15, 0.2) is 0 Å². The summed E-state index contributed by atoms with van der Waals surface area (Å²) in [5, 5.41) is 14.9. The lowest BCUT2D eigenvalue weighted by molar-refractivity contribution is -0.141. The van der Waals surface area contributed by atoms with Gasteiger partial charge in [-0.2, -0.15) is 5.26 Å². The van der Waals surface area contributed by atoms with Gasteiger partial charge in [-0.3, -0.25) is 9.59 Å². The maximum Gasteiger partial charge on any atom is 0.408 e. The standard InChI is InChI=1S/C25H38N4O4/c1-8-9-10-12-27-22(30)21(20-15-17(2)14-18(3)16-20)29(13-11-26)23(31)19(4)28-24(32)33-25(5,6)7/h14-16,19,21H,8-10,12-13H2,1-7H3,(H,27,30)(H,28,32). The van der Waals surface area contributed by atoms with Crippen LogP contribution in [0.4, 0.5) is 4.79 Å². The molecule has 0 saturated heterocycles. The number of carbonyl (C=O) groups is 3. The Labute approximate surface area is 197 Å². The van der Waals surface area contributed by atoms with E-state index in [0.717, 1.165) is 30.4 Å². The molecule has 1 aromatic carbocycles. The number of hydrogen-bond donors (Lipinski definition) is 2. The summed E-state index contributed by atoms with van der Waals surface area (Å²) < 4.78 is 5.23. The van der Waals surface area contributed by atoms with Crippen LogP contribution in [-0.2, 0) is 14.3 Å². The maximum absolute atomic E-state index is 13.3. The minimum atomic E-state index is -1.000. The summed E-state index contributed by atoms with van der Waals surface area (Å²) in [4.78, 5) is 40.0. The zero-order chi connectivity index (χ0) is 25.2. The van der Waals surface area contributed by atoms with Crippen molar-refractivity contribution in [3.63, 3.8) is 0 Å². The van der Waals surface area contributed by atoms with Crippen molar-refractivity contribution < 1.29 is 19.1 Å². The number of nitriles is 1. The lowest BCUT2D eigenvalue weighted by Gasteiger charge is -2.32. The lowest BCUT2D eigenvalue weighted by atomic mass is 9.98. The Morgan fingerprint density at radius 1 is 1.12 bits per heavy atom. The van der Waals surface area contributed by atoms with Gasteiger partial charge in [0.25, 0.3) is 0 Å². The highest BCUT2D eigenvalue weighted by atomic mass is 16.6. The molecule has 2 atom stereocenters. The lowest BCUT2D eigenvalue weighted by Crippen LogP contribution is -2.52. The van der Waals surface area contributed by atoms with E-state index in [0.29, 0.717) is 12.1 Å². The monoisotopic (exact) mass is 458 g/mol. The van der Waals surface area contributed by atoms with Crippen LogP contribution in [-0.4, -0.2) is 47.5 Å². The Morgan fingerprint density at radius 3 is 2.24 bits per heavy atom. The van der Waals surface area contributed by atoms with Crippen LogP contribution in [0.2, 0.25) is 0 Å². The molecule has 8 nitrogen and oxygen atoms in total. The normalized spacial score (nSPS) is 12.8. The molecule has 0 spiro atoms. The average Bonchev–Trinajstić information content (AvgIpc) is 2.68. The average molecular weight is 459 g/mol. The van der Waals surface area contributed by atoms with Crippen LogP contribution in [0, 0.1) is 25.2 Å². The molecule has 1 rings (SSSR count). The summed E-state index contributed by atoms with van der Waals surface area (Å²) in [5.41, 5.74) is 1.78. The van der Waals surface area contributed by atoms with E-state index >= 15 is 0 Å². The van der Waals surface area contributed by atoms with E-state index < -0.39 is 29.7 Å². The summed E-state index contributed by atoms with van der Waals surface area (Å²) in [6.07, 6.45) is 2.08. The SMILES string of the molecule is CCCCCNC(=O)C(c1cc(C)cc(C)c1)N(CC#N)C(=O)C(C)NC(=O)OC(C)(C)C. The molecule has 1 aromatic rings. The number of ether oxygens (including phenoxy) is 1. The molecule has 33 heavy (non-hydrogen) atoms. The second-order valence-electron chi connectivity index (χ2n) is 9.31. The van der Waals surface area contributed by atoms with Gasteiger partial charge in [-0.15, -0.1) is 0 Å². The first kappa shape index (κ1) is 28.0. The van der Waals surface area contributed by atoms with Crippen molar-refractivity contribution >= 4 is 17.9 Å². The number of nitrogens with zero attached hydrogens (tertiary/aromatic N) is 2. The molecular formula is C25H38N4O4. The van der Waals surface area contributed by atoms with Gasteiger partial charge in [-0.25, -0.2) is 4.79 Å². The molecule has 0 aliphatic heterocycles. The predicted molar refractivity (Wildman–Crippen MR) is 127 cm³/mol. The van der Waals surface area contributed by atoms with Crippen molar-refractivity contribution in [3.05, 3.63) is 34.9 Å². The Hall–Kier alpha value is -3.08. The van der Waals surface area contributed by atoms with Crippen molar-refractivity contribution in [1.82, 2.24) is 15.5 Å². The molecular weight excluding hydrogens is 420 g/mol. The van der Waals surface area contributed by atoms with Gasteiger partial charge in [0, 0.05) is 6.54 Å². The maximum atomic E-state index is 13.3. The Kier molecular flexibility index (Phi) is 10.9. The third-order valence-corrected chi connectivity index (χ3v) is 4.83. The number of unbranched alkanes of at least 4 members (excludes halogenated alkanes) is 2. The number of hydrogen-bond acceptors (Lipinski definition) is 5. The minimum Gasteiger partial charge on any atom is -0.444 e. The van der Waals surface area contributed by atoms with Gasteiger partial charge < -0.3 is 20.3 Å². The van der Waals surface area contributed by atoms with Gasteiger partial charge >= 0.3 is 6.09 Å². The number of rotatable bonds is 10. The molecule has 0 bridgehead atoms. The molecule has 8 heteroatoms. The van der Waals surface area contributed by atoms with Crippen LogP contribution in [0.3, 0.4) is 0 Å². The third-order valence-electron chi connectivity index (χ3n) is 4.83. The van der Waals surface area contributed by atoms with E-state index in [-0.39, 0.29) is 12.5 Å². The van der Waals surface area contributed by atoms with Crippen molar-refractivity contribution in [3.8, 4) is 6.07 Å². The fourth-order valence-corrected chi connectivity index (χ4v) is 3.49. The van der Waals surface area contributed by atoms with Crippen molar-refractivity contribution in [1.29, 1.82) is 5.26 Å². The van der Waals surface area contributed by atoms with E-state index in [1.165, 1.54) is 11.8 Å². The molecule has 0 saturated carbocycles. The first-order valence-electron chi connectivity index (χ1n) is 11.4. The van der Waals surface area contributed by atoms with Crippen LogP contribution in [0.5, 0.6) is 0 Å². The van der Waals surface area contributed by atoms with Crippen molar-refractivity contribution in [2.75, 3.05) is 13.1 Å². The molecule has 2 N–H and O–H groups in total. The number of benzene rings is 1. The molecule has 3 amide bonds. The van der Waals surface area contributed by atoms with Crippen LogP contribution in [0.15, 0.2) is 18.2 Å². The molecule has 0 radical (unpaired) electrons. The predicted octanol–water partition coefficient (Wildman–Crippen LogP) is 3.92. The number of carbonyl (C=O) groups excluding carboxylic acids is 3. The van der Waals surface area contributed by atoms with E-state index in [4.69, 9.17) is 4.74 Å². The first-order valence-corrected chi connectivity index (χ1v) is 11.4. The van der Waals surface area contributed by atoms with Crippen LogP contribution in [0.1, 0.15) is 76.6 Å². The van der Waals surface area contributed by atoms with Gasteiger partial charge in [0.2, 0.25) is 11.8 Å². The summed E-state index contributed by atoms with van der Waals surface area (Å²) in [5.74, 6) is -0.903.